The number of carbonyl (C=O) groups is 1. The van der Waals surface area contributed by atoms with Gasteiger partial charge in [-0.1, -0.05) is 6.07 Å². The van der Waals surface area contributed by atoms with Crippen LogP contribution >= 0.6 is 12.2 Å². The van der Waals surface area contributed by atoms with Crippen LogP contribution in [0.4, 0.5) is 10.1 Å². The Bertz CT molecular complexity index is 1420. The summed E-state index contributed by atoms with van der Waals surface area (Å²) in [6.45, 7) is 4.11. The van der Waals surface area contributed by atoms with Crippen LogP contribution in [0.3, 0.4) is 0 Å². The first kappa shape index (κ1) is 23.7. The summed E-state index contributed by atoms with van der Waals surface area (Å²) in [5, 5.41) is 3.99. The van der Waals surface area contributed by atoms with E-state index < -0.39 is 0 Å². The molecular weight excluding hydrogens is 475 g/mol. The monoisotopic (exact) mass is 500 g/mol. The van der Waals surface area contributed by atoms with E-state index in [9.17, 15) is 9.18 Å². The number of halogens is 1. The fourth-order valence-electron chi connectivity index (χ4n) is 4.90. The molecular formula is C28H25FN4O2S. The summed E-state index contributed by atoms with van der Waals surface area (Å²) in [6.07, 6.45) is 1.77. The Balaban J connectivity index is 1.63. The van der Waals surface area contributed by atoms with Crippen molar-refractivity contribution in [1.29, 1.82) is 0 Å². The number of pyridine rings is 1. The number of methoxy groups -OCH3 is 1. The van der Waals surface area contributed by atoms with Gasteiger partial charge in [-0.15, -0.1) is 0 Å². The second-order valence-corrected chi connectivity index (χ2v) is 9.06. The van der Waals surface area contributed by atoms with E-state index in [4.69, 9.17) is 17.0 Å². The molecule has 8 heteroatoms. The molecule has 1 N–H and O–H groups in total. The number of anilines is 1. The highest BCUT2D eigenvalue weighted by Crippen LogP contribution is 2.43. The van der Waals surface area contributed by atoms with E-state index in [1.807, 2.05) is 42.2 Å². The quantitative estimate of drug-likeness (QED) is 0.285. The van der Waals surface area contributed by atoms with Gasteiger partial charge >= 0.3 is 5.97 Å². The van der Waals surface area contributed by atoms with Crippen molar-refractivity contribution in [2.24, 2.45) is 0 Å². The molecule has 0 aliphatic carbocycles. The largest absolute Gasteiger partial charge is 0.465 e. The normalized spacial score (nSPS) is 17.2. The van der Waals surface area contributed by atoms with Crippen molar-refractivity contribution in [2.75, 3.05) is 12.0 Å². The number of thiocarbonyl (C=S) groups is 1. The van der Waals surface area contributed by atoms with Crippen LogP contribution in [0.1, 0.15) is 45.1 Å². The Hall–Kier alpha value is -4.04. The van der Waals surface area contributed by atoms with Crippen LogP contribution in [0.5, 0.6) is 0 Å². The number of nitrogens with one attached hydrogen (secondary N) is 1. The summed E-state index contributed by atoms with van der Waals surface area (Å²) in [5.41, 5.74) is 6.21. The Labute approximate surface area is 214 Å². The molecule has 1 aliphatic rings. The second-order valence-electron chi connectivity index (χ2n) is 8.67. The first-order valence-electron chi connectivity index (χ1n) is 11.5. The van der Waals surface area contributed by atoms with Gasteiger partial charge in [0.05, 0.1) is 30.5 Å². The maximum absolute atomic E-state index is 13.7. The van der Waals surface area contributed by atoms with Gasteiger partial charge in [0.1, 0.15) is 5.82 Å². The predicted molar refractivity (Wildman–Crippen MR) is 141 cm³/mol. The van der Waals surface area contributed by atoms with E-state index in [1.54, 1.807) is 30.5 Å². The Morgan fingerprint density at radius 3 is 2.36 bits per heavy atom. The first-order chi connectivity index (χ1) is 17.4. The highest BCUT2D eigenvalue weighted by Gasteiger charge is 2.42. The topological polar surface area (TPSA) is 59.4 Å². The van der Waals surface area contributed by atoms with Crippen LogP contribution in [-0.2, 0) is 4.74 Å². The number of rotatable bonds is 5. The third-order valence-electron chi connectivity index (χ3n) is 6.54. The number of hydrogen-bond acceptors (Lipinski definition) is 4. The van der Waals surface area contributed by atoms with Gasteiger partial charge in [-0.05, 0) is 98.4 Å². The van der Waals surface area contributed by atoms with E-state index in [0.717, 1.165) is 34.0 Å². The van der Waals surface area contributed by atoms with Gasteiger partial charge in [0.15, 0.2) is 5.11 Å². The molecule has 2 aromatic heterocycles. The van der Waals surface area contributed by atoms with E-state index in [1.165, 1.54) is 19.2 Å². The van der Waals surface area contributed by atoms with Crippen molar-refractivity contribution in [1.82, 2.24) is 14.9 Å². The molecule has 0 radical (unpaired) electrons. The third-order valence-corrected chi connectivity index (χ3v) is 6.85. The minimum absolute atomic E-state index is 0.209. The molecule has 3 heterocycles. The van der Waals surface area contributed by atoms with Crippen molar-refractivity contribution in [3.05, 3.63) is 113 Å². The Morgan fingerprint density at radius 2 is 1.72 bits per heavy atom. The van der Waals surface area contributed by atoms with Crippen molar-refractivity contribution in [3.8, 4) is 5.69 Å². The lowest BCUT2D eigenvalue weighted by Crippen LogP contribution is -2.29. The van der Waals surface area contributed by atoms with Crippen molar-refractivity contribution < 1.29 is 13.9 Å². The van der Waals surface area contributed by atoms with Gasteiger partial charge in [-0.3, -0.25) is 4.98 Å². The molecule has 5 rings (SSSR count). The van der Waals surface area contributed by atoms with Crippen LogP contribution < -0.4 is 10.2 Å². The van der Waals surface area contributed by atoms with Crippen molar-refractivity contribution in [3.63, 3.8) is 0 Å². The highest BCUT2D eigenvalue weighted by atomic mass is 32.1. The van der Waals surface area contributed by atoms with E-state index in [2.05, 4.69) is 27.9 Å². The maximum Gasteiger partial charge on any atom is 0.337 e. The molecule has 36 heavy (non-hydrogen) atoms. The molecule has 0 amide bonds. The lowest BCUT2D eigenvalue weighted by Gasteiger charge is -2.28. The number of esters is 1. The Morgan fingerprint density at radius 1 is 1.03 bits per heavy atom. The fraction of sp³-hybridized carbons (Fsp3) is 0.179. The van der Waals surface area contributed by atoms with Gasteiger partial charge in [0.25, 0.3) is 0 Å². The second kappa shape index (κ2) is 9.54. The van der Waals surface area contributed by atoms with Crippen LogP contribution in [0.25, 0.3) is 5.69 Å². The molecule has 1 fully saturated rings. The lowest BCUT2D eigenvalue weighted by molar-refractivity contribution is 0.0600. The molecule has 1 aliphatic heterocycles. The summed E-state index contributed by atoms with van der Waals surface area (Å²) < 4.78 is 20.7. The van der Waals surface area contributed by atoms with Gasteiger partial charge in [0, 0.05) is 29.0 Å². The summed E-state index contributed by atoms with van der Waals surface area (Å²) in [6, 6.07) is 21.2. The fourth-order valence-corrected chi connectivity index (χ4v) is 5.25. The van der Waals surface area contributed by atoms with Gasteiger partial charge < -0.3 is 19.5 Å². The highest BCUT2D eigenvalue weighted by molar-refractivity contribution is 7.80. The first-order valence-corrected chi connectivity index (χ1v) is 11.9. The van der Waals surface area contributed by atoms with Crippen molar-refractivity contribution >= 4 is 29.0 Å². The van der Waals surface area contributed by atoms with Gasteiger partial charge in [-0.25, -0.2) is 9.18 Å². The minimum Gasteiger partial charge on any atom is -0.465 e. The lowest BCUT2D eigenvalue weighted by atomic mass is 9.96. The number of ether oxygens (including phenoxy) is 1. The number of nitrogens with zero attached hydrogens (tertiary/aromatic N) is 3. The minimum atomic E-state index is -0.373. The van der Waals surface area contributed by atoms with Crippen molar-refractivity contribution in [2.45, 2.75) is 25.9 Å². The zero-order valence-corrected chi connectivity index (χ0v) is 20.9. The maximum atomic E-state index is 13.7. The SMILES string of the molecule is COC(=O)c1ccc(-n2c(C)cc(C3C(c4ccccn4)NC(=S)N3c3ccc(F)cc3)c2C)cc1. The van der Waals surface area contributed by atoms with Gasteiger partial charge in [-0.2, -0.15) is 0 Å². The number of carbonyl (C=O) groups excluding carboxylic acids is 1. The molecule has 0 spiro atoms. The molecule has 0 saturated carbocycles. The van der Waals surface area contributed by atoms with Crippen LogP contribution in [0, 0.1) is 19.7 Å². The summed E-state index contributed by atoms with van der Waals surface area (Å²) in [5.74, 6) is -0.676. The van der Waals surface area contributed by atoms with Crippen LogP contribution in [0.15, 0.2) is 79.0 Å². The van der Waals surface area contributed by atoms with Crippen LogP contribution in [0.2, 0.25) is 0 Å². The number of aryl methyl sites for hydroxylation is 1. The molecule has 0 bridgehead atoms. The Kier molecular flexibility index (Phi) is 6.28. The number of hydrogen-bond donors (Lipinski definition) is 1. The predicted octanol–water partition coefficient (Wildman–Crippen LogP) is 5.59. The summed E-state index contributed by atoms with van der Waals surface area (Å²) in [4.78, 5) is 18.5. The zero-order valence-electron chi connectivity index (χ0n) is 20.1. The van der Waals surface area contributed by atoms with Crippen LogP contribution in [-0.4, -0.2) is 27.7 Å². The standard InChI is InChI=1S/C28H25FN4O2S/c1-17-16-23(18(2)32(17)21-11-7-19(8-12-21)27(34)35-3)26-25(24-6-4-5-15-30-24)31-28(36)33(26)22-13-9-20(29)10-14-22/h4-16,25-26H,1-3H3,(H,31,36). The van der Waals surface area contributed by atoms with Gasteiger partial charge in [0.2, 0.25) is 0 Å². The number of aromatic nitrogens is 2. The third kappa shape index (κ3) is 4.13. The average Bonchev–Trinajstić information content (AvgIpc) is 3.39. The van der Waals surface area contributed by atoms with E-state index in [-0.39, 0.29) is 23.9 Å². The molecule has 6 nitrogen and oxygen atoms in total. The molecule has 1 saturated heterocycles. The summed E-state index contributed by atoms with van der Waals surface area (Å²) in [7, 11) is 1.37. The van der Waals surface area contributed by atoms with E-state index >= 15 is 0 Å². The summed E-state index contributed by atoms with van der Waals surface area (Å²) >= 11 is 5.78. The average molecular weight is 501 g/mol. The molecule has 4 aromatic rings. The van der Waals surface area contributed by atoms with E-state index in [0.29, 0.717) is 10.7 Å². The molecule has 2 atom stereocenters. The molecule has 182 valence electrons. The smallest absolute Gasteiger partial charge is 0.337 e. The molecule has 2 aromatic carbocycles. The molecule has 2 unspecified atom stereocenters. The number of benzene rings is 2. The zero-order chi connectivity index (χ0) is 25.4.